The number of aliphatic hydroxyl groups is 1. The summed E-state index contributed by atoms with van der Waals surface area (Å²) in [5.41, 5.74) is 0.330. The second kappa shape index (κ2) is 6.43. The summed E-state index contributed by atoms with van der Waals surface area (Å²) in [4.78, 5) is 13.7. The molecule has 0 saturated heterocycles. The van der Waals surface area contributed by atoms with Crippen LogP contribution in [0.4, 0.5) is 0 Å². The Kier molecular flexibility index (Phi) is 4.85. The second-order valence-electron chi connectivity index (χ2n) is 5.64. The number of hydrogen-bond donors (Lipinski definition) is 2. The van der Waals surface area contributed by atoms with Gasteiger partial charge in [-0.3, -0.25) is 4.79 Å². The minimum Gasteiger partial charge on any atom is -0.395 e. The van der Waals surface area contributed by atoms with Crippen LogP contribution in [0.2, 0.25) is 0 Å². The summed E-state index contributed by atoms with van der Waals surface area (Å²) in [6.45, 7) is 5.29. The number of carbonyl (C=O) groups excluding carboxylic acids is 1. The van der Waals surface area contributed by atoms with Crippen molar-refractivity contribution in [3.63, 3.8) is 0 Å². The van der Waals surface area contributed by atoms with E-state index in [-0.39, 0.29) is 12.5 Å². The van der Waals surface area contributed by atoms with Crippen molar-refractivity contribution in [2.24, 2.45) is 11.3 Å². The molecular formula is C16H21NO2S. The molecule has 0 unspecified atom stereocenters. The van der Waals surface area contributed by atoms with Gasteiger partial charge in [0, 0.05) is 13.0 Å². The molecule has 108 valence electrons. The minimum atomic E-state index is -0.00265. The molecule has 1 amide bonds. The second-order valence-corrected chi connectivity index (χ2v) is 6.72. The molecule has 0 aromatic carbocycles. The number of rotatable bonds is 5. The summed E-state index contributed by atoms with van der Waals surface area (Å²) in [5, 5.41) is 11.7. The number of amides is 1. The Balaban J connectivity index is 1.89. The van der Waals surface area contributed by atoms with Crippen molar-refractivity contribution in [2.75, 3.05) is 13.2 Å². The molecular weight excluding hydrogens is 270 g/mol. The first kappa shape index (κ1) is 15.1. The van der Waals surface area contributed by atoms with Gasteiger partial charge in [-0.2, -0.15) is 0 Å². The summed E-state index contributed by atoms with van der Waals surface area (Å²) in [6, 6.07) is 3.68. The molecule has 2 N–H and O–H groups in total. The van der Waals surface area contributed by atoms with E-state index in [2.05, 4.69) is 31.0 Å². The van der Waals surface area contributed by atoms with Crippen LogP contribution in [0.1, 0.15) is 47.7 Å². The molecule has 0 aliphatic heterocycles. The van der Waals surface area contributed by atoms with Gasteiger partial charge in [0.05, 0.1) is 16.4 Å². The molecule has 0 atom stereocenters. The lowest BCUT2D eigenvalue weighted by Crippen LogP contribution is -2.32. The van der Waals surface area contributed by atoms with Crippen LogP contribution >= 0.6 is 11.3 Å². The van der Waals surface area contributed by atoms with Crippen LogP contribution in [0.25, 0.3) is 0 Å². The third-order valence-electron chi connectivity index (χ3n) is 4.00. The average Bonchev–Trinajstić information content (AvgIpc) is 3.08. The van der Waals surface area contributed by atoms with Crippen molar-refractivity contribution >= 4 is 17.2 Å². The highest BCUT2D eigenvalue weighted by molar-refractivity contribution is 7.14. The van der Waals surface area contributed by atoms with Crippen molar-refractivity contribution in [1.29, 1.82) is 0 Å². The molecule has 1 aromatic rings. The fourth-order valence-corrected chi connectivity index (χ4v) is 2.99. The third kappa shape index (κ3) is 3.62. The first-order chi connectivity index (χ1) is 9.57. The Bertz CT molecular complexity index is 532. The maximum atomic E-state index is 12.1. The van der Waals surface area contributed by atoms with Crippen LogP contribution in [0.15, 0.2) is 12.1 Å². The van der Waals surface area contributed by atoms with Crippen LogP contribution < -0.4 is 5.32 Å². The van der Waals surface area contributed by atoms with Crippen LogP contribution in [0, 0.1) is 23.2 Å². The molecule has 20 heavy (non-hydrogen) atoms. The van der Waals surface area contributed by atoms with Crippen molar-refractivity contribution in [1.82, 2.24) is 5.32 Å². The van der Waals surface area contributed by atoms with E-state index in [1.807, 2.05) is 12.1 Å². The van der Waals surface area contributed by atoms with E-state index in [0.29, 0.717) is 22.6 Å². The molecule has 1 saturated carbocycles. The van der Waals surface area contributed by atoms with Crippen LogP contribution in [0.3, 0.4) is 0 Å². The van der Waals surface area contributed by atoms with E-state index in [4.69, 9.17) is 5.11 Å². The monoisotopic (exact) mass is 291 g/mol. The van der Waals surface area contributed by atoms with E-state index >= 15 is 0 Å². The van der Waals surface area contributed by atoms with Crippen molar-refractivity contribution in [2.45, 2.75) is 33.1 Å². The van der Waals surface area contributed by atoms with Gasteiger partial charge in [0.2, 0.25) is 0 Å². The van der Waals surface area contributed by atoms with Gasteiger partial charge >= 0.3 is 0 Å². The molecule has 1 fully saturated rings. The topological polar surface area (TPSA) is 49.3 Å². The van der Waals surface area contributed by atoms with Gasteiger partial charge < -0.3 is 10.4 Å². The van der Waals surface area contributed by atoms with Crippen LogP contribution in [-0.4, -0.2) is 24.2 Å². The molecule has 1 aromatic heterocycles. The Morgan fingerprint density at radius 1 is 1.50 bits per heavy atom. The highest BCUT2D eigenvalue weighted by Crippen LogP contribution is 2.51. The zero-order valence-corrected chi connectivity index (χ0v) is 12.8. The third-order valence-corrected chi connectivity index (χ3v) is 5.00. The number of carbonyl (C=O) groups is 1. The molecule has 0 bridgehead atoms. The normalized spacial score (nSPS) is 15.6. The van der Waals surface area contributed by atoms with Gasteiger partial charge in [-0.15, -0.1) is 11.3 Å². The Morgan fingerprint density at radius 2 is 2.25 bits per heavy atom. The van der Waals surface area contributed by atoms with Gasteiger partial charge in [-0.05, 0) is 36.3 Å². The predicted molar refractivity (Wildman–Crippen MR) is 81.7 cm³/mol. The number of thiophene rings is 1. The highest BCUT2D eigenvalue weighted by atomic mass is 32.1. The van der Waals surface area contributed by atoms with Gasteiger partial charge in [0.1, 0.15) is 0 Å². The fourth-order valence-electron chi connectivity index (χ4n) is 2.19. The van der Waals surface area contributed by atoms with Gasteiger partial charge in [0.15, 0.2) is 0 Å². The molecule has 4 heteroatoms. The fraction of sp³-hybridized carbons (Fsp3) is 0.562. The molecule has 0 radical (unpaired) electrons. The maximum absolute atomic E-state index is 12.1. The zero-order valence-electron chi connectivity index (χ0n) is 12.0. The lowest BCUT2D eigenvalue weighted by atomic mass is 9.92. The maximum Gasteiger partial charge on any atom is 0.261 e. The molecule has 2 rings (SSSR count). The molecule has 0 spiro atoms. The Morgan fingerprint density at radius 3 is 2.85 bits per heavy atom. The minimum absolute atomic E-state index is 0.00265. The van der Waals surface area contributed by atoms with Crippen molar-refractivity contribution in [3.05, 3.63) is 21.9 Å². The van der Waals surface area contributed by atoms with E-state index in [1.54, 1.807) is 0 Å². The van der Waals surface area contributed by atoms with Crippen molar-refractivity contribution < 1.29 is 9.90 Å². The summed E-state index contributed by atoms with van der Waals surface area (Å²) in [6.07, 6.45) is 2.90. The summed E-state index contributed by atoms with van der Waals surface area (Å²) < 4.78 is 0. The zero-order chi connectivity index (χ0) is 14.6. The van der Waals surface area contributed by atoms with Crippen LogP contribution in [0.5, 0.6) is 0 Å². The van der Waals surface area contributed by atoms with Gasteiger partial charge in [0.25, 0.3) is 5.91 Å². The summed E-state index contributed by atoms with van der Waals surface area (Å²) in [5.74, 6) is 6.43. The smallest absolute Gasteiger partial charge is 0.261 e. The van der Waals surface area contributed by atoms with Crippen LogP contribution in [-0.2, 0) is 0 Å². The quantitative estimate of drug-likeness (QED) is 0.819. The number of aliphatic hydroxyl groups excluding tert-OH is 1. The first-order valence-corrected chi connectivity index (χ1v) is 7.87. The molecule has 1 aliphatic carbocycles. The predicted octanol–water partition coefficient (Wildman–Crippen LogP) is 2.65. The van der Waals surface area contributed by atoms with Gasteiger partial charge in [-0.1, -0.05) is 25.7 Å². The van der Waals surface area contributed by atoms with E-state index in [9.17, 15) is 4.79 Å². The lowest BCUT2D eigenvalue weighted by Gasteiger charge is -2.19. The largest absolute Gasteiger partial charge is 0.395 e. The SMILES string of the molecule is CC(C)C1(CNC(=O)c2ccc(C#CCCO)s2)CC1. The highest BCUT2D eigenvalue weighted by Gasteiger charge is 2.45. The van der Waals surface area contributed by atoms with Crippen molar-refractivity contribution in [3.8, 4) is 11.8 Å². The summed E-state index contributed by atoms with van der Waals surface area (Å²) in [7, 11) is 0. The number of hydrogen-bond acceptors (Lipinski definition) is 3. The lowest BCUT2D eigenvalue weighted by molar-refractivity contribution is 0.0944. The van der Waals surface area contributed by atoms with E-state index in [0.717, 1.165) is 11.4 Å². The molecule has 3 nitrogen and oxygen atoms in total. The first-order valence-electron chi connectivity index (χ1n) is 7.05. The average molecular weight is 291 g/mol. The molecule has 1 heterocycles. The summed E-state index contributed by atoms with van der Waals surface area (Å²) >= 11 is 1.40. The standard InChI is InChI=1S/C16H21NO2S/c1-12(2)16(8-9-16)11-17-15(19)14-7-6-13(20-14)5-3-4-10-18/h6-7,12,18H,4,8-11H2,1-2H3,(H,17,19). The Hall–Kier alpha value is -1.31. The van der Waals surface area contributed by atoms with E-state index in [1.165, 1.54) is 24.2 Å². The van der Waals surface area contributed by atoms with E-state index < -0.39 is 0 Å². The molecule has 1 aliphatic rings. The van der Waals surface area contributed by atoms with Gasteiger partial charge in [-0.25, -0.2) is 0 Å². The Labute approximate surface area is 124 Å². The number of nitrogens with one attached hydrogen (secondary N) is 1.